The number of nitrogens with one attached hydrogen (secondary N) is 1. The van der Waals surface area contributed by atoms with Crippen LogP contribution in [-0.2, 0) is 0 Å². The third-order valence-corrected chi connectivity index (χ3v) is 2.49. The standard InChI is InChI=1S/C12H12ClNO/c1-9(10-5-6-15-8-10)14-12-4-2-3-11(13)7-12/h2-9,14H,1H3. The van der Waals surface area contributed by atoms with E-state index in [-0.39, 0.29) is 6.04 Å². The zero-order valence-corrected chi connectivity index (χ0v) is 9.16. The van der Waals surface area contributed by atoms with E-state index < -0.39 is 0 Å². The molecule has 0 fully saturated rings. The van der Waals surface area contributed by atoms with Gasteiger partial charge in [0.25, 0.3) is 0 Å². The van der Waals surface area contributed by atoms with E-state index in [9.17, 15) is 0 Å². The maximum atomic E-state index is 5.89. The number of rotatable bonds is 3. The first-order valence-electron chi connectivity index (χ1n) is 4.80. The highest BCUT2D eigenvalue weighted by Crippen LogP contribution is 2.21. The van der Waals surface area contributed by atoms with E-state index in [2.05, 4.69) is 12.2 Å². The highest BCUT2D eigenvalue weighted by atomic mass is 35.5. The fourth-order valence-corrected chi connectivity index (χ4v) is 1.62. The maximum absolute atomic E-state index is 5.89. The minimum atomic E-state index is 0.210. The van der Waals surface area contributed by atoms with Gasteiger partial charge in [0.15, 0.2) is 0 Å². The second kappa shape index (κ2) is 4.41. The average Bonchev–Trinajstić information content (AvgIpc) is 2.70. The van der Waals surface area contributed by atoms with Crippen molar-refractivity contribution in [1.82, 2.24) is 0 Å². The van der Waals surface area contributed by atoms with Crippen molar-refractivity contribution >= 4 is 17.3 Å². The molecule has 1 aromatic carbocycles. The van der Waals surface area contributed by atoms with Crippen LogP contribution in [0.3, 0.4) is 0 Å². The van der Waals surface area contributed by atoms with Crippen LogP contribution in [0.4, 0.5) is 5.69 Å². The Morgan fingerprint density at radius 1 is 1.33 bits per heavy atom. The van der Waals surface area contributed by atoms with E-state index in [0.29, 0.717) is 0 Å². The molecule has 3 heteroatoms. The summed E-state index contributed by atoms with van der Waals surface area (Å²) in [6.45, 7) is 2.08. The topological polar surface area (TPSA) is 25.2 Å². The van der Waals surface area contributed by atoms with Gasteiger partial charge in [-0.2, -0.15) is 0 Å². The molecule has 0 spiro atoms. The van der Waals surface area contributed by atoms with E-state index in [1.165, 1.54) is 0 Å². The molecule has 0 bridgehead atoms. The van der Waals surface area contributed by atoms with Crippen LogP contribution in [0.5, 0.6) is 0 Å². The molecule has 1 heterocycles. The molecule has 0 radical (unpaired) electrons. The molecule has 0 aliphatic rings. The van der Waals surface area contributed by atoms with Gasteiger partial charge in [-0.15, -0.1) is 0 Å². The number of benzene rings is 1. The Hall–Kier alpha value is -1.41. The van der Waals surface area contributed by atoms with Gasteiger partial charge in [0, 0.05) is 16.3 Å². The number of hydrogen-bond donors (Lipinski definition) is 1. The molecule has 1 unspecified atom stereocenters. The van der Waals surface area contributed by atoms with Crippen LogP contribution in [-0.4, -0.2) is 0 Å². The third-order valence-electron chi connectivity index (χ3n) is 2.25. The molecule has 0 amide bonds. The van der Waals surface area contributed by atoms with Crippen LogP contribution in [0, 0.1) is 0 Å². The summed E-state index contributed by atoms with van der Waals surface area (Å²) in [6.07, 6.45) is 3.41. The average molecular weight is 222 g/mol. The van der Waals surface area contributed by atoms with Crippen molar-refractivity contribution in [3.8, 4) is 0 Å². The fraction of sp³-hybridized carbons (Fsp3) is 0.167. The molecule has 0 aliphatic carbocycles. The largest absolute Gasteiger partial charge is 0.472 e. The Kier molecular flexibility index (Phi) is 2.97. The Morgan fingerprint density at radius 3 is 2.87 bits per heavy atom. The van der Waals surface area contributed by atoms with Crippen molar-refractivity contribution < 1.29 is 4.42 Å². The second-order valence-corrected chi connectivity index (χ2v) is 3.87. The predicted octanol–water partition coefficient (Wildman–Crippen LogP) is 4.11. The molecule has 1 aromatic heterocycles. The summed E-state index contributed by atoms with van der Waals surface area (Å²) < 4.78 is 5.03. The third kappa shape index (κ3) is 2.54. The van der Waals surface area contributed by atoms with Crippen LogP contribution in [0.1, 0.15) is 18.5 Å². The quantitative estimate of drug-likeness (QED) is 0.844. The minimum absolute atomic E-state index is 0.210. The summed E-state index contributed by atoms with van der Waals surface area (Å²) in [5, 5.41) is 4.08. The maximum Gasteiger partial charge on any atom is 0.0955 e. The smallest absolute Gasteiger partial charge is 0.0955 e. The summed E-state index contributed by atoms with van der Waals surface area (Å²) in [5.74, 6) is 0. The van der Waals surface area contributed by atoms with Gasteiger partial charge in [-0.1, -0.05) is 17.7 Å². The monoisotopic (exact) mass is 221 g/mol. The van der Waals surface area contributed by atoms with Gasteiger partial charge in [-0.05, 0) is 31.2 Å². The van der Waals surface area contributed by atoms with Crippen molar-refractivity contribution in [1.29, 1.82) is 0 Å². The van der Waals surface area contributed by atoms with Gasteiger partial charge in [-0.3, -0.25) is 0 Å². The molecular weight excluding hydrogens is 210 g/mol. The van der Waals surface area contributed by atoms with Gasteiger partial charge < -0.3 is 9.73 Å². The van der Waals surface area contributed by atoms with Crippen molar-refractivity contribution in [2.75, 3.05) is 5.32 Å². The summed E-state index contributed by atoms with van der Waals surface area (Å²) in [5.41, 5.74) is 2.13. The molecule has 0 saturated heterocycles. The first kappa shape index (κ1) is 10.1. The van der Waals surface area contributed by atoms with Gasteiger partial charge in [-0.25, -0.2) is 0 Å². The summed E-state index contributed by atoms with van der Waals surface area (Å²) in [7, 11) is 0. The van der Waals surface area contributed by atoms with Crippen LogP contribution in [0.15, 0.2) is 47.3 Å². The molecule has 2 nitrogen and oxygen atoms in total. The van der Waals surface area contributed by atoms with Gasteiger partial charge >= 0.3 is 0 Å². The minimum Gasteiger partial charge on any atom is -0.472 e. The Labute approximate surface area is 93.9 Å². The van der Waals surface area contributed by atoms with Crippen LogP contribution in [0.2, 0.25) is 5.02 Å². The van der Waals surface area contributed by atoms with E-state index in [1.807, 2.05) is 30.3 Å². The number of anilines is 1. The molecule has 1 N–H and O–H groups in total. The molecule has 2 rings (SSSR count). The number of furan rings is 1. The molecule has 2 aromatic rings. The summed E-state index contributed by atoms with van der Waals surface area (Å²) >= 11 is 5.89. The van der Waals surface area contributed by atoms with E-state index in [1.54, 1.807) is 12.5 Å². The molecule has 0 aliphatic heterocycles. The lowest BCUT2D eigenvalue weighted by molar-refractivity contribution is 0.562. The second-order valence-electron chi connectivity index (χ2n) is 3.43. The molecular formula is C12H12ClNO. The first-order chi connectivity index (χ1) is 7.25. The first-order valence-corrected chi connectivity index (χ1v) is 5.18. The predicted molar refractivity (Wildman–Crippen MR) is 62.2 cm³/mol. The van der Waals surface area contributed by atoms with Crippen molar-refractivity contribution in [2.24, 2.45) is 0 Å². The van der Waals surface area contributed by atoms with Crippen molar-refractivity contribution in [2.45, 2.75) is 13.0 Å². The number of hydrogen-bond acceptors (Lipinski definition) is 2. The normalized spacial score (nSPS) is 12.4. The lowest BCUT2D eigenvalue weighted by atomic mass is 10.1. The highest BCUT2D eigenvalue weighted by Gasteiger charge is 2.05. The van der Waals surface area contributed by atoms with E-state index in [4.69, 9.17) is 16.0 Å². The Balaban J connectivity index is 2.09. The van der Waals surface area contributed by atoms with Gasteiger partial charge in [0.2, 0.25) is 0 Å². The van der Waals surface area contributed by atoms with E-state index in [0.717, 1.165) is 16.3 Å². The molecule has 0 saturated carbocycles. The lowest BCUT2D eigenvalue weighted by Gasteiger charge is -2.13. The summed E-state index contributed by atoms with van der Waals surface area (Å²) in [6, 6.07) is 9.83. The van der Waals surface area contributed by atoms with Crippen molar-refractivity contribution in [3.63, 3.8) is 0 Å². The molecule has 1 atom stereocenters. The SMILES string of the molecule is CC(Nc1cccc(Cl)c1)c1ccoc1. The van der Waals surface area contributed by atoms with Crippen LogP contribution < -0.4 is 5.32 Å². The Morgan fingerprint density at radius 2 is 2.20 bits per heavy atom. The molecule has 15 heavy (non-hydrogen) atoms. The zero-order chi connectivity index (χ0) is 10.7. The van der Waals surface area contributed by atoms with E-state index >= 15 is 0 Å². The van der Waals surface area contributed by atoms with Gasteiger partial charge in [0.05, 0.1) is 18.6 Å². The zero-order valence-electron chi connectivity index (χ0n) is 8.41. The summed E-state index contributed by atoms with van der Waals surface area (Å²) in [4.78, 5) is 0. The van der Waals surface area contributed by atoms with Crippen LogP contribution >= 0.6 is 11.6 Å². The lowest BCUT2D eigenvalue weighted by Crippen LogP contribution is -2.05. The van der Waals surface area contributed by atoms with Crippen molar-refractivity contribution in [3.05, 3.63) is 53.4 Å². The molecule has 78 valence electrons. The van der Waals surface area contributed by atoms with Crippen LogP contribution in [0.25, 0.3) is 0 Å². The highest BCUT2D eigenvalue weighted by molar-refractivity contribution is 6.30. The van der Waals surface area contributed by atoms with Gasteiger partial charge in [0.1, 0.15) is 0 Å². The number of halogens is 1. The fourth-order valence-electron chi connectivity index (χ4n) is 1.43. The Bertz CT molecular complexity index is 425.